The van der Waals surface area contributed by atoms with Crippen LogP contribution in [0.2, 0.25) is 0 Å². The second-order valence-corrected chi connectivity index (χ2v) is 5.65. The van der Waals surface area contributed by atoms with Gasteiger partial charge in [0.25, 0.3) is 0 Å². The van der Waals surface area contributed by atoms with Crippen molar-refractivity contribution in [1.82, 2.24) is 9.55 Å². The fourth-order valence-corrected chi connectivity index (χ4v) is 2.53. The average Bonchev–Trinajstić information content (AvgIpc) is 3.02. The van der Waals surface area contributed by atoms with Crippen molar-refractivity contribution in [3.8, 4) is 6.07 Å². The van der Waals surface area contributed by atoms with Crippen LogP contribution in [0.15, 0.2) is 60.9 Å². The molecular formula is C19H14F3N3. The normalized spacial score (nSPS) is 11.3. The summed E-state index contributed by atoms with van der Waals surface area (Å²) < 4.78 is 39.8. The van der Waals surface area contributed by atoms with E-state index < -0.39 is 11.7 Å². The minimum atomic E-state index is -4.33. The van der Waals surface area contributed by atoms with E-state index in [1.54, 1.807) is 18.3 Å². The maximum absolute atomic E-state index is 12.6. The first-order valence-corrected chi connectivity index (χ1v) is 7.61. The molecule has 0 bridgehead atoms. The maximum Gasteiger partial charge on any atom is 0.416 e. The van der Waals surface area contributed by atoms with Gasteiger partial charge in [0.05, 0.1) is 17.2 Å². The van der Waals surface area contributed by atoms with Crippen LogP contribution in [0.3, 0.4) is 0 Å². The van der Waals surface area contributed by atoms with E-state index in [4.69, 9.17) is 5.26 Å². The number of nitriles is 1. The number of alkyl halides is 3. The van der Waals surface area contributed by atoms with E-state index in [2.05, 4.69) is 11.1 Å². The van der Waals surface area contributed by atoms with E-state index >= 15 is 0 Å². The molecule has 3 rings (SSSR count). The molecule has 3 aromatic rings. The molecule has 0 atom stereocenters. The summed E-state index contributed by atoms with van der Waals surface area (Å²) in [6.45, 7) is 0.585. The lowest BCUT2D eigenvalue weighted by Crippen LogP contribution is -2.07. The Morgan fingerprint density at radius 3 is 2.20 bits per heavy atom. The summed E-state index contributed by atoms with van der Waals surface area (Å²) >= 11 is 0. The van der Waals surface area contributed by atoms with E-state index in [0.717, 1.165) is 29.1 Å². The topological polar surface area (TPSA) is 41.6 Å². The summed E-state index contributed by atoms with van der Waals surface area (Å²) in [5, 5.41) is 8.83. The Morgan fingerprint density at radius 1 is 0.960 bits per heavy atom. The lowest BCUT2D eigenvalue weighted by molar-refractivity contribution is -0.137. The Labute approximate surface area is 143 Å². The molecule has 0 amide bonds. The van der Waals surface area contributed by atoms with Crippen molar-refractivity contribution >= 4 is 0 Å². The van der Waals surface area contributed by atoms with Gasteiger partial charge in [-0.25, -0.2) is 4.98 Å². The summed E-state index contributed by atoms with van der Waals surface area (Å²) in [6, 6.07) is 14.5. The number of aromatic nitrogens is 2. The van der Waals surface area contributed by atoms with Crippen LogP contribution in [-0.2, 0) is 19.1 Å². The number of benzene rings is 2. The molecule has 0 radical (unpaired) electrons. The third kappa shape index (κ3) is 4.07. The maximum atomic E-state index is 12.6. The molecule has 126 valence electrons. The van der Waals surface area contributed by atoms with Crippen LogP contribution in [-0.4, -0.2) is 9.55 Å². The zero-order valence-corrected chi connectivity index (χ0v) is 13.2. The highest BCUT2D eigenvalue weighted by atomic mass is 19.4. The summed E-state index contributed by atoms with van der Waals surface area (Å²) in [6.07, 6.45) is -0.380. The Kier molecular flexibility index (Phi) is 4.57. The molecule has 6 heteroatoms. The van der Waals surface area contributed by atoms with Crippen molar-refractivity contribution in [2.45, 2.75) is 19.1 Å². The first kappa shape index (κ1) is 16.8. The highest BCUT2D eigenvalue weighted by molar-refractivity contribution is 5.32. The summed E-state index contributed by atoms with van der Waals surface area (Å²) in [5.41, 5.74) is 1.72. The van der Waals surface area contributed by atoms with Gasteiger partial charge in [-0.1, -0.05) is 24.3 Å². The van der Waals surface area contributed by atoms with Crippen molar-refractivity contribution < 1.29 is 13.2 Å². The number of imidazole rings is 1. The standard InChI is InChI=1S/C19H14F3N3/c20-19(21,22)17-7-5-14(6-8-17)11-18-24-9-10-25(18)13-16-3-1-15(12-23)2-4-16/h1-10H,11,13H2. The van der Waals surface area contributed by atoms with Crippen molar-refractivity contribution in [3.05, 3.63) is 89.0 Å². The Morgan fingerprint density at radius 2 is 1.60 bits per heavy atom. The van der Waals surface area contributed by atoms with Gasteiger partial charge in [-0.2, -0.15) is 18.4 Å². The predicted molar refractivity (Wildman–Crippen MR) is 86.7 cm³/mol. The molecule has 0 spiro atoms. The number of hydrogen-bond donors (Lipinski definition) is 0. The van der Waals surface area contributed by atoms with Crippen LogP contribution in [0.4, 0.5) is 13.2 Å². The van der Waals surface area contributed by atoms with Crippen LogP contribution in [0, 0.1) is 11.3 Å². The molecular weight excluding hydrogens is 327 g/mol. The van der Waals surface area contributed by atoms with E-state index in [-0.39, 0.29) is 0 Å². The van der Waals surface area contributed by atoms with Crippen molar-refractivity contribution in [2.75, 3.05) is 0 Å². The zero-order valence-electron chi connectivity index (χ0n) is 13.2. The van der Waals surface area contributed by atoms with Gasteiger partial charge in [0, 0.05) is 25.4 Å². The lowest BCUT2D eigenvalue weighted by atomic mass is 10.1. The van der Waals surface area contributed by atoms with Gasteiger partial charge in [0.15, 0.2) is 0 Å². The van der Waals surface area contributed by atoms with Gasteiger partial charge < -0.3 is 4.57 Å². The van der Waals surface area contributed by atoms with Crippen LogP contribution >= 0.6 is 0 Å². The highest BCUT2D eigenvalue weighted by Gasteiger charge is 2.29. The summed E-state index contributed by atoms with van der Waals surface area (Å²) in [5.74, 6) is 0.768. The molecule has 25 heavy (non-hydrogen) atoms. The third-order valence-electron chi connectivity index (χ3n) is 3.88. The van der Waals surface area contributed by atoms with Crippen LogP contribution in [0.5, 0.6) is 0 Å². The molecule has 0 aliphatic rings. The highest BCUT2D eigenvalue weighted by Crippen LogP contribution is 2.29. The van der Waals surface area contributed by atoms with Crippen molar-refractivity contribution in [3.63, 3.8) is 0 Å². The first-order chi connectivity index (χ1) is 12.0. The SMILES string of the molecule is N#Cc1ccc(Cn2ccnc2Cc2ccc(C(F)(F)F)cc2)cc1. The molecule has 0 N–H and O–H groups in total. The average molecular weight is 341 g/mol. The van der Waals surface area contributed by atoms with E-state index in [9.17, 15) is 13.2 Å². The summed E-state index contributed by atoms with van der Waals surface area (Å²) in [4.78, 5) is 4.30. The second-order valence-electron chi connectivity index (χ2n) is 5.65. The van der Waals surface area contributed by atoms with E-state index in [1.807, 2.05) is 22.9 Å². The summed E-state index contributed by atoms with van der Waals surface area (Å²) in [7, 11) is 0. The van der Waals surface area contributed by atoms with Crippen LogP contribution in [0.25, 0.3) is 0 Å². The molecule has 0 saturated carbocycles. The van der Waals surface area contributed by atoms with Crippen molar-refractivity contribution in [2.24, 2.45) is 0 Å². The fraction of sp³-hybridized carbons (Fsp3) is 0.158. The van der Waals surface area contributed by atoms with Gasteiger partial charge in [-0.3, -0.25) is 0 Å². The smallest absolute Gasteiger partial charge is 0.330 e. The molecule has 0 unspecified atom stereocenters. The molecule has 2 aromatic carbocycles. The number of nitrogens with zero attached hydrogens (tertiary/aromatic N) is 3. The van der Waals surface area contributed by atoms with Crippen LogP contribution < -0.4 is 0 Å². The minimum absolute atomic E-state index is 0.446. The fourth-order valence-electron chi connectivity index (χ4n) is 2.53. The Hall–Kier alpha value is -3.07. The lowest BCUT2D eigenvalue weighted by Gasteiger charge is -2.10. The van der Waals surface area contributed by atoms with E-state index in [1.165, 1.54) is 12.1 Å². The minimum Gasteiger partial charge on any atom is -0.330 e. The molecule has 3 nitrogen and oxygen atoms in total. The van der Waals surface area contributed by atoms with Gasteiger partial charge in [0.1, 0.15) is 5.82 Å². The molecule has 1 heterocycles. The van der Waals surface area contributed by atoms with Gasteiger partial charge in [-0.05, 0) is 35.4 Å². The van der Waals surface area contributed by atoms with Gasteiger partial charge in [0.2, 0.25) is 0 Å². The largest absolute Gasteiger partial charge is 0.416 e. The monoisotopic (exact) mass is 341 g/mol. The van der Waals surface area contributed by atoms with Gasteiger partial charge >= 0.3 is 6.18 Å². The van der Waals surface area contributed by atoms with Gasteiger partial charge in [-0.15, -0.1) is 0 Å². The number of halogens is 3. The molecule has 0 aliphatic carbocycles. The Bertz CT molecular complexity index is 885. The molecule has 0 fully saturated rings. The molecule has 0 aliphatic heterocycles. The number of rotatable bonds is 4. The quantitative estimate of drug-likeness (QED) is 0.705. The van der Waals surface area contributed by atoms with Crippen LogP contribution in [0.1, 0.15) is 28.1 Å². The van der Waals surface area contributed by atoms with Crippen molar-refractivity contribution in [1.29, 1.82) is 5.26 Å². The molecule has 0 saturated heterocycles. The zero-order chi connectivity index (χ0) is 17.9. The van der Waals surface area contributed by atoms with E-state index in [0.29, 0.717) is 18.5 Å². The third-order valence-corrected chi connectivity index (χ3v) is 3.88. The Balaban J connectivity index is 1.74. The second kappa shape index (κ2) is 6.81. The molecule has 1 aromatic heterocycles. The first-order valence-electron chi connectivity index (χ1n) is 7.61. The number of hydrogen-bond acceptors (Lipinski definition) is 2. The predicted octanol–water partition coefficient (Wildman–Crippen LogP) is 4.41.